The maximum atomic E-state index is 11.4. The number of carbonyl (C=O) groups is 1. The monoisotopic (exact) mass is 260 g/mol. The summed E-state index contributed by atoms with van der Waals surface area (Å²) in [5, 5.41) is 3.15. The first kappa shape index (κ1) is 17.4. The van der Waals surface area contributed by atoms with Crippen molar-refractivity contribution in [3.63, 3.8) is 0 Å². The van der Waals surface area contributed by atoms with E-state index >= 15 is 0 Å². The van der Waals surface area contributed by atoms with Gasteiger partial charge in [0.15, 0.2) is 0 Å². The van der Waals surface area contributed by atoms with E-state index in [0.29, 0.717) is 19.6 Å². The number of esters is 1. The lowest BCUT2D eigenvalue weighted by molar-refractivity contribution is -0.154. The second-order valence-electron chi connectivity index (χ2n) is 5.50. The highest BCUT2D eigenvalue weighted by Gasteiger charge is 2.15. The van der Waals surface area contributed by atoms with E-state index in [1.807, 2.05) is 34.9 Å². The summed E-state index contributed by atoms with van der Waals surface area (Å²) in [6.07, 6.45) is 0.398. The van der Waals surface area contributed by atoms with Crippen molar-refractivity contribution >= 4 is 5.97 Å². The van der Waals surface area contributed by atoms with E-state index in [1.54, 1.807) is 0 Å². The molecule has 0 saturated heterocycles. The van der Waals surface area contributed by atoms with Crippen LogP contribution in [0.2, 0.25) is 0 Å². The first-order valence-electron chi connectivity index (χ1n) is 6.46. The first-order valence-corrected chi connectivity index (χ1v) is 6.46. The molecule has 0 aromatic heterocycles. The molecule has 0 amide bonds. The molecule has 0 unspecified atom stereocenters. The summed E-state index contributed by atoms with van der Waals surface area (Å²) in [6, 6.07) is 0. The minimum atomic E-state index is -0.396. The molecule has 0 aliphatic carbocycles. The van der Waals surface area contributed by atoms with Crippen LogP contribution in [0, 0.1) is 0 Å². The van der Waals surface area contributed by atoms with Gasteiger partial charge in [-0.3, -0.25) is 4.79 Å². The van der Waals surface area contributed by atoms with Gasteiger partial charge in [0.1, 0.15) is 5.60 Å². The summed E-state index contributed by atoms with van der Waals surface area (Å²) in [4.78, 5) is 13.4. The number of nitrogens with one attached hydrogen (secondary N) is 1. The highest BCUT2D eigenvalue weighted by molar-refractivity contribution is 5.70. The van der Waals surface area contributed by atoms with Crippen LogP contribution < -0.4 is 5.32 Å². The van der Waals surface area contributed by atoms with Gasteiger partial charge in [0.2, 0.25) is 0 Å². The molecule has 0 aromatic rings. The summed E-state index contributed by atoms with van der Waals surface area (Å²) < 4.78 is 10.6. The van der Waals surface area contributed by atoms with Gasteiger partial charge in [-0.2, -0.15) is 0 Å². The molecule has 1 N–H and O–H groups in total. The van der Waals surface area contributed by atoms with E-state index in [0.717, 1.165) is 19.7 Å². The summed E-state index contributed by atoms with van der Waals surface area (Å²) >= 11 is 0. The van der Waals surface area contributed by atoms with Crippen molar-refractivity contribution in [1.82, 2.24) is 10.2 Å². The lowest BCUT2D eigenvalue weighted by Crippen LogP contribution is -2.28. The molecule has 18 heavy (non-hydrogen) atoms. The van der Waals surface area contributed by atoms with E-state index in [-0.39, 0.29) is 5.97 Å². The predicted molar refractivity (Wildman–Crippen MR) is 72.7 cm³/mol. The Morgan fingerprint density at radius 3 is 2.39 bits per heavy atom. The van der Waals surface area contributed by atoms with E-state index in [1.165, 1.54) is 0 Å². The SMILES string of the molecule is CN(C)CCOCCNCCC(=O)OC(C)(C)C. The van der Waals surface area contributed by atoms with Crippen molar-refractivity contribution in [3.8, 4) is 0 Å². The molecule has 0 rings (SSSR count). The van der Waals surface area contributed by atoms with Gasteiger partial charge in [0.25, 0.3) is 0 Å². The third-order valence-electron chi connectivity index (χ3n) is 2.03. The van der Waals surface area contributed by atoms with Gasteiger partial charge < -0.3 is 19.7 Å². The number of hydrogen-bond acceptors (Lipinski definition) is 5. The van der Waals surface area contributed by atoms with Crippen LogP contribution in [0.15, 0.2) is 0 Å². The van der Waals surface area contributed by atoms with Crippen molar-refractivity contribution in [2.24, 2.45) is 0 Å². The quantitative estimate of drug-likeness (QED) is 0.493. The highest BCUT2D eigenvalue weighted by Crippen LogP contribution is 2.07. The zero-order chi connectivity index (χ0) is 14.0. The van der Waals surface area contributed by atoms with Crippen LogP contribution in [-0.4, -0.2) is 63.4 Å². The second-order valence-corrected chi connectivity index (χ2v) is 5.50. The summed E-state index contributed by atoms with van der Waals surface area (Å²) in [6.45, 7) is 9.34. The number of carbonyl (C=O) groups excluding carboxylic acids is 1. The number of rotatable bonds is 9. The fourth-order valence-corrected chi connectivity index (χ4v) is 1.20. The largest absolute Gasteiger partial charge is 0.460 e. The molecule has 0 aliphatic heterocycles. The smallest absolute Gasteiger partial charge is 0.307 e. The Morgan fingerprint density at radius 2 is 1.83 bits per heavy atom. The molecular weight excluding hydrogens is 232 g/mol. The van der Waals surface area contributed by atoms with Gasteiger partial charge in [0.05, 0.1) is 19.6 Å². The molecule has 0 radical (unpaired) electrons. The van der Waals surface area contributed by atoms with Crippen LogP contribution in [0.1, 0.15) is 27.2 Å². The van der Waals surface area contributed by atoms with Gasteiger partial charge >= 0.3 is 5.97 Å². The van der Waals surface area contributed by atoms with Crippen molar-refractivity contribution in [2.45, 2.75) is 32.8 Å². The maximum absolute atomic E-state index is 11.4. The summed E-state index contributed by atoms with van der Waals surface area (Å²) in [5.74, 6) is -0.163. The van der Waals surface area contributed by atoms with Crippen molar-refractivity contribution in [3.05, 3.63) is 0 Å². The van der Waals surface area contributed by atoms with E-state index in [2.05, 4.69) is 10.2 Å². The molecule has 0 aliphatic rings. The van der Waals surface area contributed by atoms with Gasteiger partial charge in [-0.1, -0.05) is 0 Å². The average Bonchev–Trinajstić information content (AvgIpc) is 2.18. The van der Waals surface area contributed by atoms with Crippen molar-refractivity contribution < 1.29 is 14.3 Å². The van der Waals surface area contributed by atoms with Crippen LogP contribution in [0.25, 0.3) is 0 Å². The van der Waals surface area contributed by atoms with Crippen LogP contribution in [-0.2, 0) is 14.3 Å². The fraction of sp³-hybridized carbons (Fsp3) is 0.923. The summed E-state index contributed by atoms with van der Waals surface area (Å²) in [5.41, 5.74) is -0.396. The molecule has 0 spiro atoms. The normalized spacial score (nSPS) is 11.9. The maximum Gasteiger partial charge on any atom is 0.307 e. The van der Waals surface area contributed by atoms with Crippen LogP contribution >= 0.6 is 0 Å². The van der Waals surface area contributed by atoms with Crippen molar-refractivity contribution in [1.29, 1.82) is 0 Å². The molecule has 0 aromatic carbocycles. The Bertz CT molecular complexity index is 225. The lowest BCUT2D eigenvalue weighted by atomic mass is 10.2. The number of ether oxygens (including phenoxy) is 2. The number of likely N-dealkylation sites (N-methyl/N-ethyl adjacent to an activating group) is 1. The number of hydrogen-bond donors (Lipinski definition) is 1. The third kappa shape index (κ3) is 13.4. The van der Waals surface area contributed by atoms with Gasteiger partial charge in [-0.25, -0.2) is 0 Å². The fourth-order valence-electron chi connectivity index (χ4n) is 1.20. The first-order chi connectivity index (χ1) is 8.31. The minimum absolute atomic E-state index is 0.163. The Hall–Kier alpha value is -0.650. The Kier molecular flexibility index (Phi) is 8.97. The minimum Gasteiger partial charge on any atom is -0.460 e. The molecular formula is C13H28N2O3. The Morgan fingerprint density at radius 1 is 1.17 bits per heavy atom. The topological polar surface area (TPSA) is 50.8 Å². The van der Waals surface area contributed by atoms with Crippen molar-refractivity contribution in [2.75, 3.05) is 46.9 Å². The molecule has 0 fully saturated rings. The molecule has 5 heteroatoms. The second kappa shape index (κ2) is 9.30. The van der Waals surface area contributed by atoms with Gasteiger partial charge in [-0.15, -0.1) is 0 Å². The molecule has 0 heterocycles. The van der Waals surface area contributed by atoms with E-state index < -0.39 is 5.60 Å². The molecule has 108 valence electrons. The molecule has 5 nitrogen and oxygen atoms in total. The molecule has 0 bridgehead atoms. The molecule has 0 atom stereocenters. The Labute approximate surface area is 111 Å². The highest BCUT2D eigenvalue weighted by atomic mass is 16.6. The zero-order valence-corrected chi connectivity index (χ0v) is 12.4. The average molecular weight is 260 g/mol. The van der Waals surface area contributed by atoms with E-state index in [9.17, 15) is 4.79 Å². The predicted octanol–water partition coefficient (Wildman–Crippen LogP) is 0.886. The standard InChI is InChI=1S/C13H28N2O3/c1-13(2,3)18-12(16)6-7-14-8-10-17-11-9-15(4)5/h14H,6-11H2,1-5H3. The molecule has 0 saturated carbocycles. The lowest BCUT2D eigenvalue weighted by Gasteiger charge is -2.19. The van der Waals surface area contributed by atoms with Gasteiger partial charge in [-0.05, 0) is 34.9 Å². The Balaban J connectivity index is 3.28. The zero-order valence-electron chi connectivity index (χ0n) is 12.4. The van der Waals surface area contributed by atoms with Crippen LogP contribution in [0.3, 0.4) is 0 Å². The van der Waals surface area contributed by atoms with Crippen LogP contribution in [0.4, 0.5) is 0 Å². The number of nitrogens with zero attached hydrogens (tertiary/aromatic N) is 1. The summed E-state index contributed by atoms with van der Waals surface area (Å²) in [7, 11) is 4.03. The van der Waals surface area contributed by atoms with Crippen LogP contribution in [0.5, 0.6) is 0 Å². The third-order valence-corrected chi connectivity index (χ3v) is 2.03. The van der Waals surface area contributed by atoms with Gasteiger partial charge in [0, 0.05) is 19.6 Å². The van der Waals surface area contributed by atoms with E-state index in [4.69, 9.17) is 9.47 Å².